The van der Waals surface area contributed by atoms with E-state index in [2.05, 4.69) is 52.1 Å². The monoisotopic (exact) mass is 430 g/mol. The molecule has 0 heterocycles. The lowest BCUT2D eigenvalue weighted by Crippen LogP contribution is -2.52. The Kier molecular flexibility index (Phi) is 7.08. The number of benzene rings is 1. The van der Waals surface area contributed by atoms with Crippen molar-refractivity contribution in [2.45, 2.75) is 77.9 Å². The third kappa shape index (κ3) is 4.10. The van der Waals surface area contributed by atoms with Crippen LogP contribution in [0.3, 0.4) is 0 Å². The molecule has 0 spiro atoms. The summed E-state index contributed by atoms with van der Waals surface area (Å²) in [5.74, 6) is 3.22. The Morgan fingerprint density at radius 3 is 2.20 bits per heavy atom. The average Bonchev–Trinajstić information content (AvgIpc) is 2.74. The maximum absolute atomic E-state index is 9.98. The first-order valence-electron chi connectivity index (χ1n) is 11.8. The number of aliphatic hydroxyl groups excluding tert-OH is 1. The highest BCUT2D eigenvalue weighted by Gasteiger charge is 2.56. The van der Waals surface area contributed by atoms with E-state index in [-0.39, 0.29) is 17.9 Å². The highest BCUT2D eigenvalue weighted by Crippen LogP contribution is 2.64. The maximum atomic E-state index is 9.98. The molecule has 1 aromatic rings. The summed E-state index contributed by atoms with van der Waals surface area (Å²) in [5.41, 5.74) is 2.56. The molecule has 4 heteroatoms. The maximum Gasteiger partial charge on any atom is 0.126 e. The molecule has 0 unspecified atom stereocenters. The van der Waals surface area contributed by atoms with Crippen molar-refractivity contribution in [1.29, 1.82) is 0 Å². The van der Waals surface area contributed by atoms with Crippen LogP contribution >= 0.6 is 0 Å². The molecule has 3 nitrogen and oxygen atoms in total. The van der Waals surface area contributed by atoms with E-state index in [1.807, 2.05) is 0 Å². The van der Waals surface area contributed by atoms with Crippen LogP contribution in [0.2, 0.25) is 19.1 Å². The molecule has 0 amide bonds. The van der Waals surface area contributed by atoms with Crippen molar-refractivity contribution in [3.8, 4) is 11.5 Å². The van der Waals surface area contributed by atoms with Gasteiger partial charge in [0.25, 0.3) is 0 Å². The average molecular weight is 431 g/mol. The lowest BCUT2D eigenvalue weighted by Gasteiger charge is -2.59. The van der Waals surface area contributed by atoms with Gasteiger partial charge < -0.3 is 14.6 Å². The van der Waals surface area contributed by atoms with Gasteiger partial charge in [-0.2, -0.15) is 0 Å². The molecule has 30 heavy (non-hydrogen) atoms. The van der Waals surface area contributed by atoms with Gasteiger partial charge in [-0.15, -0.1) is 0 Å². The number of unbranched alkanes of at least 4 members (excludes halogenated alkanes) is 3. The van der Waals surface area contributed by atoms with E-state index in [1.165, 1.54) is 48.1 Å². The van der Waals surface area contributed by atoms with Crippen molar-refractivity contribution >= 4 is 13.3 Å². The Morgan fingerprint density at radius 2 is 1.70 bits per heavy atom. The van der Waals surface area contributed by atoms with Gasteiger partial charge in [0.2, 0.25) is 0 Å². The van der Waals surface area contributed by atoms with Crippen LogP contribution in [-0.2, 0) is 0 Å². The van der Waals surface area contributed by atoms with Gasteiger partial charge in [0, 0.05) is 11.5 Å². The van der Waals surface area contributed by atoms with Crippen LogP contribution in [0.1, 0.15) is 64.4 Å². The first-order chi connectivity index (χ1) is 14.2. The fourth-order valence-electron chi connectivity index (χ4n) is 5.90. The molecule has 4 rings (SSSR count). The van der Waals surface area contributed by atoms with Gasteiger partial charge in [0.15, 0.2) is 0 Å². The smallest absolute Gasteiger partial charge is 0.126 e. The number of methoxy groups -OCH3 is 2. The van der Waals surface area contributed by atoms with Crippen LogP contribution in [0.4, 0.5) is 0 Å². The number of allylic oxidation sites excluding steroid dienone is 1. The first kappa shape index (κ1) is 23.4. The summed E-state index contributed by atoms with van der Waals surface area (Å²) in [6.07, 6.45) is 8.69. The molecule has 3 aliphatic carbocycles. The third-order valence-corrected chi connectivity index (χ3v) is 11.6. The lowest BCUT2D eigenvalue weighted by atomic mass is 9.45. The molecule has 0 radical (unpaired) electrons. The predicted octanol–water partition coefficient (Wildman–Crippen LogP) is 5.88. The van der Waals surface area contributed by atoms with Crippen LogP contribution in [0.25, 0.3) is 0 Å². The normalized spacial score (nSPS) is 24.8. The molecule has 168 valence electrons. The van der Waals surface area contributed by atoms with Gasteiger partial charge in [0.05, 0.1) is 28.9 Å². The van der Waals surface area contributed by atoms with Crippen molar-refractivity contribution in [2.75, 3.05) is 20.8 Å². The van der Waals surface area contributed by atoms with Gasteiger partial charge in [0.1, 0.15) is 11.5 Å². The second-order valence-corrected chi connectivity index (χ2v) is 15.5. The number of ether oxygens (including phenoxy) is 2. The summed E-state index contributed by atoms with van der Waals surface area (Å²) < 4.78 is 11.9. The van der Waals surface area contributed by atoms with E-state index >= 15 is 0 Å². The summed E-state index contributed by atoms with van der Waals surface area (Å²) in [5, 5.41) is 11.4. The SMILES string of the molecule is CCCCCC[Si](C)(C)c1cc(OC)c([C@H]2C=C(CO)[C@H]3C[C@@H]2C3(C)C)c(OC)c1. The molecule has 2 bridgehead atoms. The Hall–Kier alpha value is -1.26. The Balaban J connectivity index is 1.99. The summed E-state index contributed by atoms with van der Waals surface area (Å²) >= 11 is 0. The molecule has 1 aromatic carbocycles. The highest BCUT2D eigenvalue weighted by atomic mass is 28.3. The Labute approximate surface area is 184 Å². The standard InChI is InChI=1S/C26H42O3Si/c1-8-9-10-11-12-30(6,7)19-14-23(28-4)25(24(15-19)29-5)20-13-18(17-27)21-16-22(20)26(21,2)3/h13-15,20-22,27H,8-12,16-17H2,1-7H3/t20-,21+,22-/m0/s1. The minimum absolute atomic E-state index is 0.151. The van der Waals surface area contributed by atoms with Gasteiger partial charge in [-0.25, -0.2) is 0 Å². The molecular formula is C26H42O3Si. The van der Waals surface area contributed by atoms with Crippen molar-refractivity contribution < 1.29 is 14.6 Å². The molecule has 0 aromatic heterocycles. The molecule has 3 atom stereocenters. The fourth-order valence-corrected chi connectivity index (χ4v) is 8.37. The number of rotatable bonds is 10. The topological polar surface area (TPSA) is 38.7 Å². The van der Waals surface area contributed by atoms with Crippen molar-refractivity contribution in [2.24, 2.45) is 17.3 Å². The zero-order chi connectivity index (χ0) is 22.1. The molecule has 0 saturated heterocycles. The minimum atomic E-state index is -1.57. The summed E-state index contributed by atoms with van der Waals surface area (Å²) in [6, 6.07) is 5.90. The number of fused-ring (bicyclic) bond motifs is 1. The first-order valence-corrected chi connectivity index (χ1v) is 15.0. The summed E-state index contributed by atoms with van der Waals surface area (Å²) in [6.45, 7) is 12.1. The van der Waals surface area contributed by atoms with Gasteiger partial charge >= 0.3 is 0 Å². The van der Waals surface area contributed by atoms with Crippen LogP contribution in [0.5, 0.6) is 11.5 Å². The minimum Gasteiger partial charge on any atom is -0.496 e. The number of hydrogen-bond donors (Lipinski definition) is 1. The van der Waals surface area contributed by atoms with E-state index < -0.39 is 8.07 Å². The van der Waals surface area contributed by atoms with Crippen molar-refractivity contribution in [3.63, 3.8) is 0 Å². The largest absolute Gasteiger partial charge is 0.496 e. The number of hydrogen-bond acceptors (Lipinski definition) is 3. The molecular weight excluding hydrogens is 388 g/mol. The molecule has 1 N–H and O–H groups in total. The second-order valence-electron chi connectivity index (χ2n) is 10.6. The van der Waals surface area contributed by atoms with E-state index in [4.69, 9.17) is 9.47 Å². The van der Waals surface area contributed by atoms with Crippen LogP contribution in [0.15, 0.2) is 23.8 Å². The Morgan fingerprint density at radius 1 is 1.07 bits per heavy atom. The number of aliphatic hydroxyl groups is 1. The molecule has 1 fully saturated rings. The van der Waals surface area contributed by atoms with Gasteiger partial charge in [-0.05, 0) is 41.4 Å². The quantitative estimate of drug-likeness (QED) is 0.286. The summed E-state index contributed by atoms with van der Waals surface area (Å²) in [4.78, 5) is 0. The van der Waals surface area contributed by atoms with Crippen LogP contribution < -0.4 is 14.7 Å². The van der Waals surface area contributed by atoms with Gasteiger partial charge in [-0.1, -0.05) is 76.9 Å². The molecule has 1 saturated carbocycles. The van der Waals surface area contributed by atoms with E-state index in [0.717, 1.165) is 17.9 Å². The Bertz CT molecular complexity index is 755. The fraction of sp³-hybridized carbons (Fsp3) is 0.692. The zero-order valence-corrected chi connectivity index (χ0v) is 21.2. The third-order valence-electron chi connectivity index (χ3n) is 8.11. The molecule has 0 aliphatic heterocycles. The van der Waals surface area contributed by atoms with E-state index in [9.17, 15) is 5.11 Å². The molecule has 3 aliphatic rings. The van der Waals surface area contributed by atoms with Crippen molar-refractivity contribution in [1.82, 2.24) is 0 Å². The summed E-state index contributed by atoms with van der Waals surface area (Å²) in [7, 11) is 2.00. The van der Waals surface area contributed by atoms with E-state index in [1.54, 1.807) is 14.2 Å². The second kappa shape index (κ2) is 9.08. The van der Waals surface area contributed by atoms with Crippen LogP contribution in [-0.4, -0.2) is 34.0 Å². The van der Waals surface area contributed by atoms with E-state index in [0.29, 0.717) is 11.8 Å². The zero-order valence-electron chi connectivity index (χ0n) is 20.2. The lowest BCUT2D eigenvalue weighted by molar-refractivity contribution is -0.0260. The predicted molar refractivity (Wildman–Crippen MR) is 129 cm³/mol. The van der Waals surface area contributed by atoms with Crippen LogP contribution in [0, 0.1) is 17.3 Å². The van der Waals surface area contributed by atoms with Crippen molar-refractivity contribution in [3.05, 3.63) is 29.3 Å². The highest BCUT2D eigenvalue weighted by molar-refractivity contribution is 6.89. The van der Waals surface area contributed by atoms with Gasteiger partial charge in [-0.3, -0.25) is 0 Å².